The molecule has 4 aromatic heterocycles. The summed E-state index contributed by atoms with van der Waals surface area (Å²) in [6, 6.07) is 8.97. The molecule has 7 nitrogen and oxygen atoms in total. The van der Waals surface area contributed by atoms with Gasteiger partial charge in [-0.2, -0.15) is 5.10 Å². The van der Waals surface area contributed by atoms with E-state index in [1.807, 2.05) is 35.0 Å². The number of nitrogens with one attached hydrogen (secondary N) is 1. The predicted molar refractivity (Wildman–Crippen MR) is 87.9 cm³/mol. The highest BCUT2D eigenvalue weighted by Gasteiger charge is 2.14. The summed E-state index contributed by atoms with van der Waals surface area (Å²) in [5, 5.41) is 15.8. The molecule has 4 heterocycles. The highest BCUT2D eigenvalue weighted by molar-refractivity contribution is 7.13. The summed E-state index contributed by atoms with van der Waals surface area (Å²) in [5.74, 6) is 1.10. The zero-order chi connectivity index (χ0) is 16.5. The van der Waals surface area contributed by atoms with Crippen molar-refractivity contribution in [2.45, 2.75) is 6.54 Å². The quantitative estimate of drug-likeness (QED) is 0.581. The second kappa shape index (κ2) is 5.82. The van der Waals surface area contributed by atoms with Crippen LogP contribution in [0.25, 0.3) is 23.0 Å². The van der Waals surface area contributed by atoms with Crippen molar-refractivity contribution in [2.24, 2.45) is 0 Å². The SMILES string of the molecule is O=C(O)c1ccc(Cn2ccnc2-c2ccc(-c3ccn[nH]3)o2)s1. The number of nitrogens with zero attached hydrogens (tertiary/aromatic N) is 3. The van der Waals surface area contributed by atoms with E-state index in [2.05, 4.69) is 15.2 Å². The second-order valence-electron chi connectivity index (χ2n) is 5.08. The summed E-state index contributed by atoms with van der Waals surface area (Å²) in [4.78, 5) is 16.6. The number of carboxylic acid groups (broad SMARTS) is 1. The van der Waals surface area contributed by atoms with Crippen molar-refractivity contribution in [3.63, 3.8) is 0 Å². The van der Waals surface area contributed by atoms with Crippen LogP contribution >= 0.6 is 11.3 Å². The van der Waals surface area contributed by atoms with E-state index in [0.717, 1.165) is 10.6 Å². The average Bonchev–Trinajstić information content (AvgIpc) is 3.35. The molecule has 120 valence electrons. The Morgan fingerprint density at radius 3 is 2.83 bits per heavy atom. The molecule has 4 rings (SSSR count). The van der Waals surface area contributed by atoms with Gasteiger partial charge in [-0.25, -0.2) is 9.78 Å². The highest BCUT2D eigenvalue weighted by Crippen LogP contribution is 2.27. The predicted octanol–water partition coefficient (Wildman–Crippen LogP) is 3.34. The van der Waals surface area contributed by atoms with Crippen molar-refractivity contribution in [3.8, 4) is 23.0 Å². The summed E-state index contributed by atoms with van der Waals surface area (Å²) in [5.41, 5.74) is 0.795. The maximum Gasteiger partial charge on any atom is 0.345 e. The van der Waals surface area contributed by atoms with E-state index >= 15 is 0 Å². The lowest BCUT2D eigenvalue weighted by Gasteiger charge is -2.04. The van der Waals surface area contributed by atoms with Gasteiger partial charge < -0.3 is 14.1 Å². The molecule has 2 N–H and O–H groups in total. The first-order chi connectivity index (χ1) is 11.7. The van der Waals surface area contributed by atoms with Crippen LogP contribution in [0.4, 0.5) is 0 Å². The first-order valence-corrected chi connectivity index (χ1v) is 7.95. The third-order valence-corrected chi connectivity index (χ3v) is 4.56. The van der Waals surface area contributed by atoms with E-state index in [9.17, 15) is 4.79 Å². The van der Waals surface area contributed by atoms with Gasteiger partial charge in [0.15, 0.2) is 17.3 Å². The van der Waals surface area contributed by atoms with Crippen molar-refractivity contribution < 1.29 is 14.3 Å². The van der Waals surface area contributed by atoms with Crippen molar-refractivity contribution in [1.82, 2.24) is 19.7 Å². The number of H-pyrrole nitrogens is 1. The largest absolute Gasteiger partial charge is 0.477 e. The maximum absolute atomic E-state index is 11.0. The van der Waals surface area contributed by atoms with Gasteiger partial charge in [0.25, 0.3) is 0 Å². The van der Waals surface area contributed by atoms with Gasteiger partial charge >= 0.3 is 5.97 Å². The molecule has 0 unspecified atom stereocenters. The summed E-state index contributed by atoms with van der Waals surface area (Å²) in [6.45, 7) is 0.535. The van der Waals surface area contributed by atoms with Gasteiger partial charge in [-0.1, -0.05) is 0 Å². The lowest BCUT2D eigenvalue weighted by atomic mass is 10.3. The van der Waals surface area contributed by atoms with Crippen LogP contribution in [0.1, 0.15) is 14.5 Å². The third-order valence-electron chi connectivity index (χ3n) is 3.51. The molecule has 0 aliphatic heterocycles. The fourth-order valence-corrected chi connectivity index (χ4v) is 3.25. The Balaban J connectivity index is 1.61. The van der Waals surface area contributed by atoms with Gasteiger partial charge in [0.05, 0.1) is 6.54 Å². The van der Waals surface area contributed by atoms with E-state index in [4.69, 9.17) is 9.52 Å². The van der Waals surface area contributed by atoms with Crippen molar-refractivity contribution in [2.75, 3.05) is 0 Å². The van der Waals surface area contributed by atoms with E-state index < -0.39 is 5.97 Å². The van der Waals surface area contributed by atoms with Crippen LogP contribution in [0, 0.1) is 0 Å². The second-order valence-corrected chi connectivity index (χ2v) is 6.25. The molecule has 0 bridgehead atoms. The molecule has 0 radical (unpaired) electrons. The van der Waals surface area contributed by atoms with Crippen LogP contribution < -0.4 is 0 Å². The standard InChI is InChI=1S/C16H12N4O3S/c21-16(22)14-4-1-10(24-14)9-20-8-7-17-15(20)13-3-2-12(23-13)11-5-6-18-19-11/h1-8H,9H2,(H,18,19)(H,21,22). The van der Waals surface area contributed by atoms with E-state index in [1.54, 1.807) is 18.5 Å². The van der Waals surface area contributed by atoms with Gasteiger partial charge in [-0.15, -0.1) is 11.3 Å². The van der Waals surface area contributed by atoms with Crippen LogP contribution in [0.2, 0.25) is 0 Å². The van der Waals surface area contributed by atoms with Gasteiger partial charge in [-0.05, 0) is 30.3 Å². The Morgan fingerprint density at radius 1 is 1.21 bits per heavy atom. The van der Waals surface area contributed by atoms with Crippen LogP contribution in [-0.4, -0.2) is 30.8 Å². The van der Waals surface area contributed by atoms with E-state index in [-0.39, 0.29) is 0 Å². The number of carbonyl (C=O) groups is 1. The molecular formula is C16H12N4O3S. The van der Waals surface area contributed by atoms with Crippen LogP contribution in [0.15, 0.2) is 53.3 Å². The number of aromatic carboxylic acids is 1. The minimum atomic E-state index is -0.910. The monoisotopic (exact) mass is 340 g/mol. The molecule has 0 aliphatic rings. The number of furan rings is 1. The molecule has 0 fully saturated rings. The Kier molecular flexibility index (Phi) is 3.51. The number of thiophene rings is 1. The van der Waals surface area contributed by atoms with Crippen molar-refractivity contribution in [3.05, 3.63) is 58.7 Å². The first kappa shape index (κ1) is 14.5. The minimum Gasteiger partial charge on any atom is -0.477 e. The summed E-state index contributed by atoms with van der Waals surface area (Å²) in [6.07, 6.45) is 5.20. The molecule has 0 saturated carbocycles. The zero-order valence-electron chi connectivity index (χ0n) is 12.3. The highest BCUT2D eigenvalue weighted by atomic mass is 32.1. The number of hydrogen-bond donors (Lipinski definition) is 2. The number of aromatic amines is 1. The third kappa shape index (κ3) is 2.63. The van der Waals surface area contributed by atoms with Crippen molar-refractivity contribution in [1.29, 1.82) is 0 Å². The zero-order valence-corrected chi connectivity index (χ0v) is 13.2. The topological polar surface area (TPSA) is 96.9 Å². The van der Waals surface area contributed by atoms with E-state index in [1.165, 1.54) is 11.3 Å². The fraction of sp³-hybridized carbons (Fsp3) is 0.0625. The number of aromatic nitrogens is 4. The molecule has 24 heavy (non-hydrogen) atoms. The maximum atomic E-state index is 11.0. The molecule has 0 aromatic carbocycles. The van der Waals surface area contributed by atoms with Gasteiger partial charge in [0.2, 0.25) is 0 Å². The van der Waals surface area contributed by atoms with Gasteiger partial charge in [-0.3, -0.25) is 5.10 Å². The van der Waals surface area contributed by atoms with Crippen LogP contribution in [-0.2, 0) is 6.54 Å². The molecule has 0 saturated heterocycles. The molecule has 0 spiro atoms. The van der Waals surface area contributed by atoms with Crippen LogP contribution in [0.5, 0.6) is 0 Å². The normalized spacial score (nSPS) is 11.0. The summed E-state index contributed by atoms with van der Waals surface area (Å²) >= 11 is 1.25. The molecule has 0 atom stereocenters. The smallest absolute Gasteiger partial charge is 0.345 e. The Hall–Kier alpha value is -3.13. The van der Waals surface area contributed by atoms with Gasteiger partial charge in [0, 0.05) is 23.5 Å². The molecular weight excluding hydrogens is 328 g/mol. The van der Waals surface area contributed by atoms with Crippen molar-refractivity contribution >= 4 is 17.3 Å². The van der Waals surface area contributed by atoms with Gasteiger partial charge in [0.1, 0.15) is 10.6 Å². The Labute approximate surface area is 140 Å². The average molecular weight is 340 g/mol. The molecule has 0 amide bonds. The summed E-state index contributed by atoms with van der Waals surface area (Å²) in [7, 11) is 0. The summed E-state index contributed by atoms with van der Waals surface area (Å²) < 4.78 is 7.77. The fourth-order valence-electron chi connectivity index (χ4n) is 2.40. The number of rotatable bonds is 5. The Bertz CT molecular complexity index is 981. The van der Waals surface area contributed by atoms with Crippen LogP contribution in [0.3, 0.4) is 0 Å². The number of hydrogen-bond acceptors (Lipinski definition) is 5. The first-order valence-electron chi connectivity index (χ1n) is 7.14. The van der Waals surface area contributed by atoms with E-state index in [0.29, 0.717) is 28.8 Å². The minimum absolute atomic E-state index is 0.325. The number of carboxylic acids is 1. The molecule has 8 heteroatoms. The Morgan fingerprint density at radius 2 is 2.08 bits per heavy atom. The number of imidazole rings is 1. The molecule has 0 aliphatic carbocycles. The molecule has 4 aromatic rings. The lowest BCUT2D eigenvalue weighted by molar-refractivity contribution is 0.0702. The lowest BCUT2D eigenvalue weighted by Crippen LogP contribution is -1.98.